The maximum atomic E-state index is 12.8. The van der Waals surface area contributed by atoms with Gasteiger partial charge in [-0.05, 0) is 30.4 Å². The zero-order chi connectivity index (χ0) is 16.4. The number of pyridine rings is 1. The molecule has 0 radical (unpaired) electrons. The van der Waals surface area contributed by atoms with E-state index in [1.54, 1.807) is 17.5 Å². The van der Waals surface area contributed by atoms with E-state index in [2.05, 4.69) is 11.9 Å². The van der Waals surface area contributed by atoms with Gasteiger partial charge in [-0.25, -0.2) is 0 Å². The minimum atomic E-state index is -3.41. The molecule has 5 nitrogen and oxygen atoms in total. The third-order valence-corrected chi connectivity index (χ3v) is 6.51. The van der Waals surface area contributed by atoms with Gasteiger partial charge in [0.05, 0.1) is 5.52 Å². The lowest BCUT2D eigenvalue weighted by Crippen LogP contribution is -2.45. The summed E-state index contributed by atoms with van der Waals surface area (Å²) in [4.78, 5) is 4.40. The van der Waals surface area contributed by atoms with Gasteiger partial charge in [-0.15, -0.1) is 0 Å². The van der Waals surface area contributed by atoms with Crippen molar-refractivity contribution in [2.75, 3.05) is 20.1 Å². The van der Waals surface area contributed by atoms with E-state index in [9.17, 15) is 8.42 Å². The molecule has 0 atom stereocenters. The van der Waals surface area contributed by atoms with Gasteiger partial charge in [0.2, 0.25) is 0 Å². The van der Waals surface area contributed by atoms with Crippen LogP contribution in [0.4, 0.5) is 0 Å². The lowest BCUT2D eigenvalue weighted by Gasteiger charge is -2.32. The van der Waals surface area contributed by atoms with Crippen LogP contribution in [0.5, 0.6) is 0 Å². The third-order valence-electron chi connectivity index (χ3n) is 4.57. The van der Waals surface area contributed by atoms with Crippen molar-refractivity contribution in [3.05, 3.63) is 42.1 Å². The summed E-state index contributed by atoms with van der Waals surface area (Å²) in [5.41, 5.74) is 1.80. The number of hydrogen-bond acceptors (Lipinski definition) is 3. The number of piperidine rings is 1. The molecule has 2 heterocycles. The molecule has 0 spiro atoms. The van der Waals surface area contributed by atoms with Crippen molar-refractivity contribution in [1.29, 1.82) is 0 Å². The summed E-state index contributed by atoms with van der Waals surface area (Å²) in [6.07, 6.45) is 3.61. The van der Waals surface area contributed by atoms with Crippen LogP contribution in [-0.4, -0.2) is 42.1 Å². The van der Waals surface area contributed by atoms with Crippen molar-refractivity contribution < 1.29 is 8.42 Å². The Hall–Kier alpha value is -1.50. The Kier molecular flexibility index (Phi) is 4.66. The van der Waals surface area contributed by atoms with E-state index in [1.807, 2.05) is 30.3 Å². The molecule has 1 aliphatic heterocycles. The fourth-order valence-corrected chi connectivity index (χ4v) is 4.40. The van der Waals surface area contributed by atoms with Gasteiger partial charge in [0.15, 0.2) is 0 Å². The number of para-hydroxylation sites is 1. The second kappa shape index (κ2) is 6.55. The van der Waals surface area contributed by atoms with Gasteiger partial charge in [-0.1, -0.05) is 31.2 Å². The van der Waals surface area contributed by atoms with Gasteiger partial charge in [0, 0.05) is 38.3 Å². The minimum Gasteiger partial charge on any atom is -0.256 e. The maximum absolute atomic E-state index is 12.8. The Morgan fingerprint density at radius 1 is 1.22 bits per heavy atom. The van der Waals surface area contributed by atoms with Crippen molar-refractivity contribution in [1.82, 2.24) is 13.6 Å². The summed E-state index contributed by atoms with van der Waals surface area (Å²) in [7, 11) is -1.77. The van der Waals surface area contributed by atoms with Gasteiger partial charge in [0.1, 0.15) is 0 Å². The van der Waals surface area contributed by atoms with Gasteiger partial charge >= 0.3 is 0 Å². The van der Waals surface area contributed by atoms with E-state index in [0.717, 1.165) is 29.3 Å². The third kappa shape index (κ3) is 3.39. The van der Waals surface area contributed by atoms with E-state index in [4.69, 9.17) is 0 Å². The highest BCUT2D eigenvalue weighted by Crippen LogP contribution is 2.23. The molecule has 0 bridgehead atoms. The average Bonchev–Trinajstić information content (AvgIpc) is 2.55. The average molecular weight is 333 g/mol. The summed E-state index contributed by atoms with van der Waals surface area (Å²) < 4.78 is 28.6. The van der Waals surface area contributed by atoms with Crippen LogP contribution in [0.3, 0.4) is 0 Å². The standard InChI is InChI=1S/C17H23N3O2S/c1-14-8-11-20(12-9-14)23(21,22)19(2)13-16-6-3-5-15-7-4-10-18-17(15)16/h3-7,10,14H,8-9,11-13H2,1-2H3. The zero-order valence-electron chi connectivity index (χ0n) is 13.6. The van der Waals surface area contributed by atoms with Crippen LogP contribution < -0.4 is 0 Å². The number of hydrogen-bond donors (Lipinski definition) is 0. The highest BCUT2D eigenvalue weighted by atomic mass is 32.2. The molecule has 124 valence electrons. The van der Waals surface area contributed by atoms with Crippen molar-refractivity contribution >= 4 is 21.1 Å². The summed E-state index contributed by atoms with van der Waals surface area (Å²) in [6, 6.07) is 9.77. The predicted octanol–water partition coefficient (Wildman–Crippen LogP) is 2.64. The molecule has 0 unspecified atom stereocenters. The number of benzene rings is 1. The van der Waals surface area contributed by atoms with Crippen molar-refractivity contribution in [2.45, 2.75) is 26.3 Å². The minimum absolute atomic E-state index is 0.336. The fourth-order valence-electron chi connectivity index (χ4n) is 3.03. The summed E-state index contributed by atoms with van der Waals surface area (Å²) in [6.45, 7) is 3.74. The topological polar surface area (TPSA) is 53.5 Å². The van der Waals surface area contributed by atoms with Crippen molar-refractivity contribution in [2.24, 2.45) is 5.92 Å². The molecule has 0 amide bonds. The monoisotopic (exact) mass is 333 g/mol. The molecule has 2 aromatic rings. The first kappa shape index (κ1) is 16.4. The molecular formula is C17H23N3O2S. The van der Waals surface area contributed by atoms with Crippen LogP contribution >= 0.6 is 0 Å². The van der Waals surface area contributed by atoms with Gasteiger partial charge in [-0.2, -0.15) is 17.0 Å². The van der Waals surface area contributed by atoms with Crippen LogP contribution in [0.25, 0.3) is 10.9 Å². The number of rotatable bonds is 4. The molecule has 0 aliphatic carbocycles. The molecule has 1 aromatic heterocycles. The van der Waals surface area contributed by atoms with Crippen molar-refractivity contribution in [3.8, 4) is 0 Å². The largest absolute Gasteiger partial charge is 0.282 e. The van der Waals surface area contributed by atoms with Gasteiger partial charge in [0.25, 0.3) is 10.2 Å². The maximum Gasteiger partial charge on any atom is 0.282 e. The molecular weight excluding hydrogens is 310 g/mol. The molecule has 3 rings (SSSR count). The van der Waals surface area contributed by atoms with Gasteiger partial charge in [-0.3, -0.25) is 4.98 Å². The molecule has 1 fully saturated rings. The lowest BCUT2D eigenvalue weighted by molar-refractivity contribution is 0.269. The molecule has 1 saturated heterocycles. The number of fused-ring (bicyclic) bond motifs is 1. The zero-order valence-corrected chi connectivity index (χ0v) is 14.5. The highest BCUT2D eigenvalue weighted by molar-refractivity contribution is 7.86. The quantitative estimate of drug-likeness (QED) is 0.864. The van der Waals surface area contributed by atoms with E-state index in [0.29, 0.717) is 25.6 Å². The predicted molar refractivity (Wildman–Crippen MR) is 92.1 cm³/mol. The SMILES string of the molecule is CC1CCN(S(=O)(=O)N(C)Cc2cccc3cccnc23)CC1. The van der Waals surface area contributed by atoms with Crippen molar-refractivity contribution in [3.63, 3.8) is 0 Å². The Labute approximate surface area is 138 Å². The second-order valence-electron chi connectivity index (χ2n) is 6.34. The summed E-state index contributed by atoms with van der Waals surface area (Å²) in [5.74, 6) is 0.606. The van der Waals surface area contributed by atoms with E-state index in [-0.39, 0.29) is 0 Å². The second-order valence-corrected chi connectivity index (χ2v) is 8.37. The molecule has 6 heteroatoms. The summed E-state index contributed by atoms with van der Waals surface area (Å²) >= 11 is 0. The fraction of sp³-hybridized carbons (Fsp3) is 0.471. The first-order chi connectivity index (χ1) is 11.0. The van der Waals surface area contributed by atoms with E-state index >= 15 is 0 Å². The Morgan fingerprint density at radius 3 is 2.65 bits per heavy atom. The molecule has 0 saturated carbocycles. The Balaban J connectivity index is 1.81. The van der Waals surface area contributed by atoms with Crippen LogP contribution in [0, 0.1) is 5.92 Å². The van der Waals surface area contributed by atoms with Crippen LogP contribution in [0.2, 0.25) is 0 Å². The number of nitrogens with zero attached hydrogens (tertiary/aromatic N) is 3. The molecule has 0 N–H and O–H groups in total. The first-order valence-electron chi connectivity index (χ1n) is 8.02. The molecule has 1 aliphatic rings. The van der Waals surface area contributed by atoms with Gasteiger partial charge < -0.3 is 0 Å². The van der Waals surface area contributed by atoms with Crippen LogP contribution in [-0.2, 0) is 16.8 Å². The van der Waals surface area contributed by atoms with E-state index < -0.39 is 10.2 Å². The highest BCUT2D eigenvalue weighted by Gasteiger charge is 2.30. The lowest BCUT2D eigenvalue weighted by atomic mass is 10.0. The normalized spacial score (nSPS) is 17.9. The smallest absolute Gasteiger partial charge is 0.256 e. The molecule has 23 heavy (non-hydrogen) atoms. The van der Waals surface area contributed by atoms with Crippen LogP contribution in [0.15, 0.2) is 36.5 Å². The number of aromatic nitrogens is 1. The Morgan fingerprint density at radius 2 is 1.91 bits per heavy atom. The van der Waals surface area contributed by atoms with Crippen LogP contribution in [0.1, 0.15) is 25.3 Å². The summed E-state index contributed by atoms with van der Waals surface area (Å²) in [5, 5.41) is 1.03. The molecule has 1 aromatic carbocycles. The Bertz CT molecular complexity index is 778. The first-order valence-corrected chi connectivity index (χ1v) is 9.42. The van der Waals surface area contributed by atoms with E-state index in [1.165, 1.54) is 4.31 Å².